The fourth-order valence-corrected chi connectivity index (χ4v) is 2.82. The van der Waals surface area contributed by atoms with Crippen molar-refractivity contribution in [1.29, 1.82) is 0 Å². The van der Waals surface area contributed by atoms with Gasteiger partial charge in [-0.25, -0.2) is 0 Å². The van der Waals surface area contributed by atoms with Crippen LogP contribution in [0.3, 0.4) is 0 Å². The highest BCUT2D eigenvalue weighted by Gasteiger charge is 2.42. The van der Waals surface area contributed by atoms with E-state index >= 15 is 0 Å². The number of aryl methyl sites for hydroxylation is 2. The molecule has 0 spiro atoms. The number of hydrogen-bond acceptors (Lipinski definition) is 4. The van der Waals surface area contributed by atoms with Gasteiger partial charge in [-0.2, -0.15) is 5.10 Å². The lowest BCUT2D eigenvalue weighted by Gasteiger charge is -2.43. The Balaban J connectivity index is 1.68. The molecule has 0 bridgehead atoms. The van der Waals surface area contributed by atoms with Crippen molar-refractivity contribution in [2.45, 2.75) is 51.4 Å². The number of nitrogens with zero attached hydrogens (tertiary/aromatic N) is 2. The highest BCUT2D eigenvalue weighted by atomic mass is 16.3. The van der Waals surface area contributed by atoms with Crippen molar-refractivity contribution in [2.24, 2.45) is 0 Å². The average Bonchev–Trinajstić information content (AvgIpc) is 2.97. The summed E-state index contributed by atoms with van der Waals surface area (Å²) in [5, 5.41) is 17.8. The summed E-state index contributed by atoms with van der Waals surface area (Å²) in [6.45, 7) is 6.03. The summed E-state index contributed by atoms with van der Waals surface area (Å²) in [5.41, 5.74) is 1.11. The van der Waals surface area contributed by atoms with Crippen LogP contribution < -0.4 is 5.32 Å². The van der Waals surface area contributed by atoms with E-state index in [2.05, 4.69) is 17.3 Å². The lowest BCUT2D eigenvalue weighted by atomic mass is 9.82. The van der Waals surface area contributed by atoms with Crippen molar-refractivity contribution >= 4 is 0 Å². The fourth-order valence-electron chi connectivity index (χ4n) is 2.82. The molecule has 5 heteroatoms. The maximum Gasteiger partial charge on any atom is 0.120 e. The van der Waals surface area contributed by atoms with Gasteiger partial charge in [-0.15, -0.1) is 0 Å². The van der Waals surface area contributed by atoms with Crippen LogP contribution in [0.15, 0.2) is 28.9 Å². The first-order valence-corrected chi connectivity index (χ1v) is 7.06. The SMILES string of the molecule is Cc1cnn([C@H]2[C@H](O)C[C@@H]2NC(C)c2ccc(C)o2)c1. The van der Waals surface area contributed by atoms with Gasteiger partial charge >= 0.3 is 0 Å². The minimum Gasteiger partial charge on any atom is -0.465 e. The normalized spacial score (nSPS) is 27.3. The molecule has 2 aromatic heterocycles. The van der Waals surface area contributed by atoms with Crippen molar-refractivity contribution in [3.8, 4) is 0 Å². The third-order valence-corrected chi connectivity index (χ3v) is 3.99. The summed E-state index contributed by atoms with van der Waals surface area (Å²) in [5.74, 6) is 1.85. The van der Waals surface area contributed by atoms with Gasteiger partial charge in [0.2, 0.25) is 0 Å². The zero-order chi connectivity index (χ0) is 14.3. The molecule has 0 aliphatic heterocycles. The van der Waals surface area contributed by atoms with Gasteiger partial charge in [-0.1, -0.05) is 0 Å². The molecule has 4 atom stereocenters. The smallest absolute Gasteiger partial charge is 0.120 e. The van der Waals surface area contributed by atoms with Crippen LogP contribution in [-0.4, -0.2) is 27.0 Å². The van der Waals surface area contributed by atoms with Crippen molar-refractivity contribution in [1.82, 2.24) is 15.1 Å². The molecule has 0 amide bonds. The molecule has 1 aliphatic carbocycles. The molecule has 2 aromatic rings. The Hall–Kier alpha value is -1.59. The molecular weight excluding hydrogens is 254 g/mol. The standard InChI is InChI=1S/C15H21N3O2/c1-9-7-16-18(8-9)15-12(6-13(15)19)17-11(3)14-5-4-10(2)20-14/h4-5,7-8,11-13,15,17,19H,6H2,1-3H3/t11?,12-,13+,15+/m0/s1. The van der Waals surface area contributed by atoms with E-state index in [4.69, 9.17) is 4.42 Å². The summed E-state index contributed by atoms with van der Waals surface area (Å²) in [6.07, 6.45) is 4.20. The summed E-state index contributed by atoms with van der Waals surface area (Å²) in [6, 6.07) is 4.30. The molecule has 1 fully saturated rings. The third kappa shape index (κ3) is 2.39. The van der Waals surface area contributed by atoms with Crippen LogP contribution in [0.25, 0.3) is 0 Å². The van der Waals surface area contributed by atoms with Crippen molar-refractivity contribution in [2.75, 3.05) is 0 Å². The summed E-state index contributed by atoms with van der Waals surface area (Å²) in [4.78, 5) is 0. The maximum atomic E-state index is 10.0. The van der Waals surface area contributed by atoms with Crippen molar-refractivity contribution in [3.63, 3.8) is 0 Å². The molecule has 1 saturated carbocycles. The summed E-state index contributed by atoms with van der Waals surface area (Å²) < 4.78 is 7.50. The van der Waals surface area contributed by atoms with E-state index < -0.39 is 0 Å². The van der Waals surface area contributed by atoms with Crippen LogP contribution in [0, 0.1) is 13.8 Å². The van der Waals surface area contributed by atoms with E-state index in [0.29, 0.717) is 0 Å². The van der Waals surface area contributed by atoms with E-state index in [1.807, 2.05) is 43.1 Å². The van der Waals surface area contributed by atoms with Gasteiger partial charge in [0.1, 0.15) is 11.5 Å². The van der Waals surface area contributed by atoms with Crippen LogP contribution in [0.4, 0.5) is 0 Å². The molecule has 0 aromatic carbocycles. The summed E-state index contributed by atoms with van der Waals surface area (Å²) in [7, 11) is 0. The zero-order valence-corrected chi connectivity index (χ0v) is 12.1. The Morgan fingerprint density at radius 3 is 2.80 bits per heavy atom. The maximum absolute atomic E-state index is 10.0. The second-order valence-electron chi connectivity index (χ2n) is 5.73. The molecule has 5 nitrogen and oxygen atoms in total. The first-order valence-electron chi connectivity index (χ1n) is 7.06. The molecule has 20 heavy (non-hydrogen) atoms. The molecule has 1 aliphatic rings. The predicted molar refractivity (Wildman–Crippen MR) is 75.4 cm³/mol. The van der Waals surface area contributed by atoms with Gasteiger partial charge in [0.05, 0.1) is 24.4 Å². The lowest BCUT2D eigenvalue weighted by Crippen LogP contribution is -2.55. The van der Waals surface area contributed by atoms with Crippen molar-refractivity contribution in [3.05, 3.63) is 41.6 Å². The zero-order valence-electron chi connectivity index (χ0n) is 12.1. The molecular formula is C15H21N3O2. The van der Waals surface area contributed by atoms with E-state index in [1.54, 1.807) is 0 Å². The molecule has 1 unspecified atom stereocenters. The van der Waals surface area contributed by atoms with Gasteiger partial charge in [-0.05, 0) is 44.9 Å². The number of aliphatic hydroxyl groups excluding tert-OH is 1. The van der Waals surface area contributed by atoms with Gasteiger partial charge in [0.25, 0.3) is 0 Å². The number of aromatic nitrogens is 2. The minimum atomic E-state index is -0.336. The Labute approximate surface area is 118 Å². The van der Waals surface area contributed by atoms with Gasteiger partial charge in [0.15, 0.2) is 0 Å². The van der Waals surface area contributed by atoms with E-state index in [9.17, 15) is 5.11 Å². The van der Waals surface area contributed by atoms with Gasteiger partial charge < -0.3 is 14.8 Å². The number of aliphatic hydroxyl groups is 1. The molecule has 2 heterocycles. The fraction of sp³-hybridized carbons (Fsp3) is 0.533. The lowest BCUT2D eigenvalue weighted by molar-refractivity contribution is -0.0119. The number of nitrogens with one attached hydrogen (secondary N) is 1. The Morgan fingerprint density at radius 2 is 2.25 bits per heavy atom. The summed E-state index contributed by atoms with van der Waals surface area (Å²) >= 11 is 0. The molecule has 3 rings (SSSR count). The van der Waals surface area contributed by atoms with Gasteiger partial charge in [-0.3, -0.25) is 4.68 Å². The predicted octanol–water partition coefficient (Wildman–Crippen LogP) is 2.12. The van der Waals surface area contributed by atoms with E-state index in [0.717, 1.165) is 23.5 Å². The quantitative estimate of drug-likeness (QED) is 0.897. The first-order chi connectivity index (χ1) is 9.54. The second-order valence-corrected chi connectivity index (χ2v) is 5.73. The number of hydrogen-bond donors (Lipinski definition) is 2. The van der Waals surface area contributed by atoms with Crippen molar-refractivity contribution < 1.29 is 9.52 Å². The van der Waals surface area contributed by atoms with Gasteiger partial charge in [0, 0.05) is 12.2 Å². The van der Waals surface area contributed by atoms with Crippen LogP contribution >= 0.6 is 0 Å². The average molecular weight is 275 g/mol. The highest BCUT2D eigenvalue weighted by molar-refractivity contribution is 5.11. The molecule has 2 N–H and O–H groups in total. The first kappa shape index (κ1) is 13.4. The monoisotopic (exact) mass is 275 g/mol. The van der Waals surface area contributed by atoms with E-state index in [-0.39, 0.29) is 24.2 Å². The van der Waals surface area contributed by atoms with Crippen LogP contribution in [-0.2, 0) is 0 Å². The van der Waals surface area contributed by atoms with E-state index in [1.165, 1.54) is 0 Å². The molecule has 108 valence electrons. The molecule has 0 saturated heterocycles. The number of furan rings is 1. The third-order valence-electron chi connectivity index (χ3n) is 3.99. The Bertz CT molecular complexity index is 589. The molecule has 0 radical (unpaired) electrons. The topological polar surface area (TPSA) is 63.2 Å². The Kier molecular flexibility index (Phi) is 3.40. The minimum absolute atomic E-state index is 0.00205. The largest absolute Gasteiger partial charge is 0.465 e. The number of rotatable bonds is 4. The highest BCUT2D eigenvalue weighted by Crippen LogP contribution is 2.34. The Morgan fingerprint density at radius 1 is 1.45 bits per heavy atom. The second kappa shape index (κ2) is 5.07. The van der Waals surface area contributed by atoms with Crippen LogP contribution in [0.1, 0.15) is 42.5 Å². The van der Waals surface area contributed by atoms with Crippen LogP contribution in [0.5, 0.6) is 0 Å². The van der Waals surface area contributed by atoms with Crippen LogP contribution in [0.2, 0.25) is 0 Å².